The van der Waals surface area contributed by atoms with Crippen molar-refractivity contribution in [1.82, 2.24) is 9.97 Å². The summed E-state index contributed by atoms with van der Waals surface area (Å²) in [6, 6.07) is 7.64. The molecular formula is C12H11ClN2. The molecule has 2 heterocycles. The molecule has 0 radical (unpaired) electrons. The number of aryl methyl sites for hydroxylation is 2. The van der Waals surface area contributed by atoms with Gasteiger partial charge < -0.3 is 0 Å². The Bertz CT molecular complexity index is 495. The maximum atomic E-state index is 5.84. The lowest BCUT2D eigenvalue weighted by Gasteiger charge is -2.04. The molecule has 0 aliphatic carbocycles. The molecule has 0 N–H and O–H groups in total. The van der Waals surface area contributed by atoms with Gasteiger partial charge in [0.2, 0.25) is 0 Å². The summed E-state index contributed by atoms with van der Waals surface area (Å²) in [5, 5.41) is 0.495. The van der Waals surface area contributed by atoms with Gasteiger partial charge in [0, 0.05) is 6.20 Å². The van der Waals surface area contributed by atoms with Crippen LogP contribution >= 0.6 is 11.6 Å². The molecule has 0 unspecified atom stereocenters. The third kappa shape index (κ3) is 2.16. The van der Waals surface area contributed by atoms with E-state index >= 15 is 0 Å². The summed E-state index contributed by atoms with van der Waals surface area (Å²) in [4.78, 5) is 8.60. The number of halogens is 1. The minimum absolute atomic E-state index is 0.495. The quantitative estimate of drug-likeness (QED) is 0.686. The molecule has 2 aromatic rings. The summed E-state index contributed by atoms with van der Waals surface area (Å²) in [6.07, 6.45) is 1.84. The van der Waals surface area contributed by atoms with E-state index in [-0.39, 0.29) is 0 Å². The first-order valence-corrected chi connectivity index (χ1v) is 5.11. The molecule has 3 heteroatoms. The highest BCUT2D eigenvalue weighted by Crippen LogP contribution is 2.20. The third-order valence-corrected chi connectivity index (χ3v) is 2.38. The van der Waals surface area contributed by atoms with Crippen LogP contribution < -0.4 is 0 Å². The van der Waals surface area contributed by atoms with Crippen LogP contribution in [0.2, 0.25) is 5.15 Å². The van der Waals surface area contributed by atoms with Gasteiger partial charge >= 0.3 is 0 Å². The molecule has 0 saturated carbocycles. The van der Waals surface area contributed by atoms with E-state index in [9.17, 15) is 0 Å². The number of nitrogens with zero attached hydrogens (tertiary/aromatic N) is 2. The maximum Gasteiger partial charge on any atom is 0.129 e. The van der Waals surface area contributed by atoms with Crippen LogP contribution in [0.1, 0.15) is 11.1 Å². The molecule has 2 aromatic heterocycles. The highest BCUT2D eigenvalue weighted by Gasteiger charge is 2.05. The molecule has 0 aliphatic rings. The van der Waals surface area contributed by atoms with Gasteiger partial charge in [-0.3, -0.25) is 4.98 Å². The number of pyridine rings is 2. The number of rotatable bonds is 1. The van der Waals surface area contributed by atoms with Crippen LogP contribution in [-0.4, -0.2) is 9.97 Å². The molecular weight excluding hydrogens is 208 g/mol. The maximum absolute atomic E-state index is 5.84. The molecule has 0 aliphatic heterocycles. The largest absolute Gasteiger partial charge is 0.254 e. The summed E-state index contributed by atoms with van der Waals surface area (Å²) in [6.45, 7) is 4.05. The molecule has 2 nitrogen and oxygen atoms in total. The van der Waals surface area contributed by atoms with Crippen molar-refractivity contribution in [3.05, 3.63) is 46.7 Å². The fourth-order valence-corrected chi connectivity index (χ4v) is 1.69. The lowest BCUT2D eigenvalue weighted by atomic mass is 10.1. The van der Waals surface area contributed by atoms with Crippen LogP contribution in [0.25, 0.3) is 11.4 Å². The first kappa shape index (κ1) is 10.1. The zero-order valence-corrected chi connectivity index (χ0v) is 9.42. The van der Waals surface area contributed by atoms with E-state index in [0.29, 0.717) is 5.15 Å². The van der Waals surface area contributed by atoms with Crippen molar-refractivity contribution < 1.29 is 0 Å². The molecule has 2 rings (SSSR count). The van der Waals surface area contributed by atoms with Crippen molar-refractivity contribution >= 4 is 11.6 Å². The van der Waals surface area contributed by atoms with Gasteiger partial charge in [0.1, 0.15) is 5.15 Å². The van der Waals surface area contributed by atoms with Gasteiger partial charge in [-0.25, -0.2) is 4.98 Å². The first-order valence-electron chi connectivity index (χ1n) is 4.73. The van der Waals surface area contributed by atoms with Crippen LogP contribution in [0.4, 0.5) is 0 Å². The van der Waals surface area contributed by atoms with E-state index in [0.717, 1.165) is 22.5 Å². The summed E-state index contributed by atoms with van der Waals surface area (Å²) in [5.74, 6) is 0. The van der Waals surface area contributed by atoms with E-state index < -0.39 is 0 Å². The molecule has 0 bridgehead atoms. The second-order valence-corrected chi connectivity index (χ2v) is 3.91. The summed E-state index contributed by atoms with van der Waals surface area (Å²) >= 11 is 5.84. The molecule has 76 valence electrons. The van der Waals surface area contributed by atoms with Gasteiger partial charge in [-0.15, -0.1) is 0 Å². The number of hydrogen-bond donors (Lipinski definition) is 0. The van der Waals surface area contributed by atoms with E-state index in [1.807, 2.05) is 32.2 Å². The van der Waals surface area contributed by atoms with E-state index in [4.69, 9.17) is 11.6 Å². The normalized spacial score (nSPS) is 10.3. The van der Waals surface area contributed by atoms with Gasteiger partial charge in [-0.1, -0.05) is 23.7 Å². The average Bonchev–Trinajstić information content (AvgIpc) is 2.17. The molecule has 0 aromatic carbocycles. The minimum Gasteiger partial charge on any atom is -0.254 e. The van der Waals surface area contributed by atoms with Crippen molar-refractivity contribution in [2.24, 2.45) is 0 Å². The van der Waals surface area contributed by atoms with Crippen molar-refractivity contribution in [2.45, 2.75) is 13.8 Å². The van der Waals surface area contributed by atoms with Crippen LogP contribution in [0.15, 0.2) is 30.5 Å². The first-order chi connectivity index (χ1) is 7.16. The topological polar surface area (TPSA) is 25.8 Å². The van der Waals surface area contributed by atoms with Crippen molar-refractivity contribution in [3.8, 4) is 11.4 Å². The lowest BCUT2D eigenvalue weighted by molar-refractivity contribution is 1.19. The van der Waals surface area contributed by atoms with Crippen molar-refractivity contribution in [1.29, 1.82) is 0 Å². The van der Waals surface area contributed by atoms with Gasteiger partial charge in [-0.2, -0.15) is 0 Å². The Kier molecular flexibility index (Phi) is 2.69. The highest BCUT2D eigenvalue weighted by atomic mass is 35.5. The molecule has 15 heavy (non-hydrogen) atoms. The Morgan fingerprint density at radius 1 is 1.20 bits per heavy atom. The zero-order chi connectivity index (χ0) is 10.8. The lowest BCUT2D eigenvalue weighted by Crippen LogP contribution is -1.92. The monoisotopic (exact) mass is 218 g/mol. The van der Waals surface area contributed by atoms with Crippen LogP contribution in [-0.2, 0) is 0 Å². The fourth-order valence-electron chi connectivity index (χ4n) is 1.52. The second kappa shape index (κ2) is 3.99. The highest BCUT2D eigenvalue weighted by molar-refractivity contribution is 6.29. The second-order valence-electron chi connectivity index (χ2n) is 3.52. The van der Waals surface area contributed by atoms with Gasteiger partial charge in [0.25, 0.3) is 0 Å². The zero-order valence-electron chi connectivity index (χ0n) is 8.66. The Labute approximate surface area is 94.0 Å². The van der Waals surface area contributed by atoms with Gasteiger partial charge in [-0.05, 0) is 37.1 Å². The van der Waals surface area contributed by atoms with Gasteiger partial charge in [0.15, 0.2) is 0 Å². The van der Waals surface area contributed by atoms with Gasteiger partial charge in [0.05, 0.1) is 11.4 Å². The molecule has 0 fully saturated rings. The third-order valence-electron chi connectivity index (χ3n) is 2.17. The molecule has 0 atom stereocenters. The molecule has 0 spiro atoms. The van der Waals surface area contributed by atoms with Crippen molar-refractivity contribution in [3.63, 3.8) is 0 Å². The van der Waals surface area contributed by atoms with Crippen LogP contribution in [0, 0.1) is 13.8 Å². The Hall–Kier alpha value is -1.41. The Morgan fingerprint density at radius 2 is 2.00 bits per heavy atom. The fraction of sp³-hybridized carbons (Fsp3) is 0.167. The SMILES string of the molecule is Cc1cnc(-c2cccc(Cl)n2)c(C)c1. The van der Waals surface area contributed by atoms with E-state index in [1.165, 1.54) is 0 Å². The standard InChI is InChI=1S/C12H11ClN2/c1-8-6-9(2)12(14-7-8)10-4-3-5-11(13)15-10/h3-7H,1-2H3. The predicted molar refractivity (Wildman–Crippen MR) is 62.0 cm³/mol. The summed E-state index contributed by atoms with van der Waals surface area (Å²) in [5.41, 5.74) is 3.98. The molecule has 0 saturated heterocycles. The number of hydrogen-bond acceptors (Lipinski definition) is 2. The smallest absolute Gasteiger partial charge is 0.129 e. The number of aromatic nitrogens is 2. The van der Waals surface area contributed by atoms with Crippen LogP contribution in [0.3, 0.4) is 0 Å². The predicted octanol–water partition coefficient (Wildman–Crippen LogP) is 3.41. The Morgan fingerprint density at radius 3 is 2.67 bits per heavy atom. The van der Waals surface area contributed by atoms with Crippen molar-refractivity contribution in [2.75, 3.05) is 0 Å². The van der Waals surface area contributed by atoms with Crippen LogP contribution in [0.5, 0.6) is 0 Å². The molecule has 0 amide bonds. The summed E-state index contributed by atoms with van der Waals surface area (Å²) < 4.78 is 0. The van der Waals surface area contributed by atoms with E-state index in [1.54, 1.807) is 6.07 Å². The Balaban J connectivity index is 2.54. The minimum atomic E-state index is 0.495. The average molecular weight is 219 g/mol. The summed E-state index contributed by atoms with van der Waals surface area (Å²) in [7, 11) is 0. The van der Waals surface area contributed by atoms with E-state index in [2.05, 4.69) is 16.0 Å².